The van der Waals surface area contributed by atoms with Crippen LogP contribution in [0.4, 0.5) is 10.1 Å². The number of carbonyl (C=O) groups is 1. The molecule has 3 rings (SSSR count). The molecular formula is C17H11BrFNOS3. The number of hydrogen-bond acceptors (Lipinski definition) is 4. The zero-order valence-corrected chi connectivity index (χ0v) is 16.5. The second-order valence-electron chi connectivity index (χ2n) is 4.89. The summed E-state index contributed by atoms with van der Waals surface area (Å²) in [5.41, 5.74) is 1.50. The molecule has 2 aromatic carbocycles. The monoisotopic (exact) mass is 439 g/mol. The maximum atomic E-state index is 13.3. The maximum Gasteiger partial charge on any atom is 0.270 e. The van der Waals surface area contributed by atoms with Gasteiger partial charge >= 0.3 is 0 Å². The molecule has 1 heterocycles. The number of nitrogens with zero attached hydrogens (tertiary/aromatic N) is 1. The van der Waals surface area contributed by atoms with Crippen molar-refractivity contribution in [2.45, 2.75) is 4.90 Å². The molecule has 0 N–H and O–H groups in total. The summed E-state index contributed by atoms with van der Waals surface area (Å²) in [6, 6.07) is 12.3. The van der Waals surface area contributed by atoms with Crippen molar-refractivity contribution in [3.63, 3.8) is 0 Å². The molecule has 0 unspecified atom stereocenters. The quantitative estimate of drug-likeness (QED) is 0.346. The summed E-state index contributed by atoms with van der Waals surface area (Å²) in [6.45, 7) is 0. The van der Waals surface area contributed by atoms with Gasteiger partial charge in [0, 0.05) is 4.90 Å². The molecule has 1 fully saturated rings. The largest absolute Gasteiger partial charge is 0.270 e. The fraction of sp³-hybridized carbons (Fsp3) is 0.0588. The van der Waals surface area contributed by atoms with Gasteiger partial charge < -0.3 is 0 Å². The molecule has 7 heteroatoms. The van der Waals surface area contributed by atoms with E-state index in [9.17, 15) is 9.18 Å². The first kappa shape index (κ1) is 17.7. The number of amides is 1. The molecule has 1 aliphatic rings. The van der Waals surface area contributed by atoms with Crippen LogP contribution in [0.15, 0.2) is 56.7 Å². The van der Waals surface area contributed by atoms with E-state index >= 15 is 0 Å². The highest BCUT2D eigenvalue weighted by atomic mass is 79.9. The minimum Gasteiger partial charge on any atom is -0.268 e. The second-order valence-corrected chi connectivity index (χ2v) is 8.30. The molecule has 0 atom stereocenters. The Morgan fingerprint density at radius 3 is 2.79 bits per heavy atom. The first-order valence-electron chi connectivity index (χ1n) is 6.86. The topological polar surface area (TPSA) is 20.3 Å². The number of benzene rings is 2. The fourth-order valence-corrected chi connectivity index (χ4v) is 4.34. The predicted octanol–water partition coefficient (Wildman–Crippen LogP) is 5.72. The standard InChI is InChI=1S/C17H11BrFNOS3/c1-23-12-4-2-3-11(9-12)20-16(21)15(24-17(20)22)8-10-5-6-14(19)13(18)7-10/h2-9H,1H3/b15-8+. The van der Waals surface area contributed by atoms with Gasteiger partial charge in [0.15, 0.2) is 4.32 Å². The lowest BCUT2D eigenvalue weighted by molar-refractivity contribution is -0.113. The zero-order valence-electron chi connectivity index (χ0n) is 12.5. The summed E-state index contributed by atoms with van der Waals surface area (Å²) >= 11 is 11.4. The first-order valence-corrected chi connectivity index (χ1v) is 10.1. The smallest absolute Gasteiger partial charge is 0.268 e. The van der Waals surface area contributed by atoms with Crippen molar-refractivity contribution in [2.75, 3.05) is 11.2 Å². The van der Waals surface area contributed by atoms with Gasteiger partial charge in [0.1, 0.15) is 5.82 Å². The summed E-state index contributed by atoms with van der Waals surface area (Å²) in [5, 5.41) is 0. The van der Waals surface area contributed by atoms with Crippen molar-refractivity contribution >= 4 is 73.7 Å². The van der Waals surface area contributed by atoms with Crippen LogP contribution in [0.1, 0.15) is 5.56 Å². The fourth-order valence-electron chi connectivity index (χ4n) is 2.19. The van der Waals surface area contributed by atoms with Crippen LogP contribution in [0.2, 0.25) is 0 Å². The van der Waals surface area contributed by atoms with Gasteiger partial charge in [0.2, 0.25) is 0 Å². The first-order chi connectivity index (χ1) is 11.5. The lowest BCUT2D eigenvalue weighted by Gasteiger charge is -2.15. The van der Waals surface area contributed by atoms with Gasteiger partial charge in [-0.2, -0.15) is 0 Å². The lowest BCUT2D eigenvalue weighted by atomic mass is 10.2. The van der Waals surface area contributed by atoms with Crippen molar-refractivity contribution < 1.29 is 9.18 Å². The number of hydrogen-bond donors (Lipinski definition) is 0. The molecule has 0 bridgehead atoms. The maximum absolute atomic E-state index is 13.3. The normalized spacial score (nSPS) is 16.3. The molecule has 2 nitrogen and oxygen atoms in total. The molecule has 1 amide bonds. The van der Waals surface area contributed by atoms with Crippen molar-refractivity contribution in [1.82, 2.24) is 0 Å². The molecule has 0 radical (unpaired) electrons. The van der Waals surface area contributed by atoms with E-state index in [4.69, 9.17) is 12.2 Å². The second kappa shape index (κ2) is 7.39. The Balaban J connectivity index is 1.93. The van der Waals surface area contributed by atoms with Crippen molar-refractivity contribution in [1.29, 1.82) is 0 Å². The SMILES string of the molecule is CSc1cccc(N2C(=O)/C(=C\c3ccc(F)c(Br)c3)SC2=S)c1. The molecule has 24 heavy (non-hydrogen) atoms. The van der Waals surface area contributed by atoms with E-state index in [1.807, 2.05) is 30.5 Å². The van der Waals surface area contributed by atoms with E-state index in [0.29, 0.717) is 13.7 Å². The van der Waals surface area contributed by atoms with Crippen LogP contribution in [0.25, 0.3) is 6.08 Å². The number of rotatable bonds is 3. The van der Waals surface area contributed by atoms with E-state index in [0.717, 1.165) is 16.1 Å². The Hall–Kier alpha value is -1.15. The summed E-state index contributed by atoms with van der Waals surface area (Å²) in [6.07, 6.45) is 3.71. The Kier molecular flexibility index (Phi) is 5.44. The average molecular weight is 440 g/mol. The summed E-state index contributed by atoms with van der Waals surface area (Å²) in [5.74, 6) is -0.503. The number of anilines is 1. The van der Waals surface area contributed by atoms with Gasteiger partial charge in [0.25, 0.3) is 5.91 Å². The van der Waals surface area contributed by atoms with Crippen LogP contribution in [0.5, 0.6) is 0 Å². The summed E-state index contributed by atoms with van der Waals surface area (Å²) in [4.78, 5) is 15.8. The molecule has 0 saturated carbocycles. The van der Waals surface area contributed by atoms with E-state index in [1.165, 1.54) is 22.7 Å². The molecule has 0 spiro atoms. The van der Waals surface area contributed by atoms with Gasteiger partial charge in [-0.1, -0.05) is 36.1 Å². The minimum atomic E-state index is -0.339. The van der Waals surface area contributed by atoms with Crippen LogP contribution in [-0.2, 0) is 4.79 Å². The number of thioether (sulfide) groups is 2. The van der Waals surface area contributed by atoms with Crippen LogP contribution in [0, 0.1) is 5.82 Å². The molecule has 2 aromatic rings. The van der Waals surface area contributed by atoms with Crippen LogP contribution >= 0.6 is 51.7 Å². The predicted molar refractivity (Wildman–Crippen MR) is 108 cm³/mol. The van der Waals surface area contributed by atoms with Gasteiger partial charge in [-0.15, -0.1) is 11.8 Å². The van der Waals surface area contributed by atoms with Gasteiger partial charge in [-0.3, -0.25) is 9.69 Å². The van der Waals surface area contributed by atoms with Crippen molar-refractivity contribution in [2.24, 2.45) is 0 Å². The highest BCUT2D eigenvalue weighted by Gasteiger charge is 2.33. The average Bonchev–Trinajstić information content (AvgIpc) is 2.85. The Bertz CT molecular complexity index is 869. The highest BCUT2D eigenvalue weighted by Crippen LogP contribution is 2.37. The Morgan fingerprint density at radius 2 is 2.08 bits per heavy atom. The van der Waals surface area contributed by atoms with Crippen LogP contribution in [0.3, 0.4) is 0 Å². The molecule has 0 aliphatic carbocycles. The minimum absolute atomic E-state index is 0.163. The van der Waals surface area contributed by atoms with Gasteiger partial charge in [0.05, 0.1) is 15.1 Å². The zero-order chi connectivity index (χ0) is 17.3. The molecule has 1 aliphatic heterocycles. The Labute approximate surface area is 161 Å². The lowest BCUT2D eigenvalue weighted by Crippen LogP contribution is -2.27. The van der Waals surface area contributed by atoms with E-state index in [1.54, 1.807) is 30.0 Å². The van der Waals surface area contributed by atoms with E-state index in [2.05, 4.69) is 15.9 Å². The summed E-state index contributed by atoms with van der Waals surface area (Å²) in [7, 11) is 0. The molecule has 1 saturated heterocycles. The highest BCUT2D eigenvalue weighted by molar-refractivity contribution is 9.10. The Morgan fingerprint density at radius 1 is 1.29 bits per heavy atom. The van der Waals surface area contributed by atoms with E-state index < -0.39 is 0 Å². The number of halogens is 2. The van der Waals surface area contributed by atoms with Crippen molar-refractivity contribution in [3.05, 3.63) is 63.2 Å². The molecule has 122 valence electrons. The van der Waals surface area contributed by atoms with Crippen molar-refractivity contribution in [3.8, 4) is 0 Å². The van der Waals surface area contributed by atoms with Crippen LogP contribution < -0.4 is 4.90 Å². The number of carbonyl (C=O) groups excluding carboxylic acids is 1. The van der Waals surface area contributed by atoms with E-state index in [-0.39, 0.29) is 11.7 Å². The number of thiocarbonyl (C=S) groups is 1. The van der Waals surface area contributed by atoms with Crippen LogP contribution in [-0.4, -0.2) is 16.5 Å². The molecular weight excluding hydrogens is 429 g/mol. The molecule has 0 aromatic heterocycles. The van der Waals surface area contributed by atoms with Gasteiger partial charge in [-0.05, 0) is 64.2 Å². The summed E-state index contributed by atoms with van der Waals surface area (Å²) < 4.78 is 14.2. The third kappa shape index (κ3) is 3.59. The van der Waals surface area contributed by atoms with Gasteiger partial charge in [-0.25, -0.2) is 4.39 Å². The third-order valence-corrected chi connectivity index (χ3v) is 5.98. The third-order valence-electron chi connectivity index (χ3n) is 3.35.